The number of morpholine rings is 1. The molecule has 1 aromatic carbocycles. The van der Waals surface area contributed by atoms with Crippen molar-refractivity contribution in [1.29, 1.82) is 0 Å². The van der Waals surface area contributed by atoms with Crippen LogP contribution in [0.15, 0.2) is 28.7 Å². The fourth-order valence-electron chi connectivity index (χ4n) is 2.89. The molecule has 0 aromatic heterocycles. The van der Waals surface area contributed by atoms with Gasteiger partial charge in [0.05, 0.1) is 18.0 Å². The lowest BCUT2D eigenvalue weighted by Gasteiger charge is -2.34. The fourth-order valence-corrected chi connectivity index (χ4v) is 4.64. The topological polar surface area (TPSA) is 105 Å². The highest BCUT2D eigenvalue weighted by Gasteiger charge is 2.30. The lowest BCUT2D eigenvalue weighted by atomic mass is 10.2. The number of halogens is 1. The van der Waals surface area contributed by atoms with Crippen LogP contribution in [0.25, 0.3) is 0 Å². The summed E-state index contributed by atoms with van der Waals surface area (Å²) in [6.45, 7) is 4.52. The standard InChI is InChI=1S/C18H26BrN3O5S/c1-13-11-22(12-14(2)27-13)28(25,26)10-9-20-17(23)7-8-21-18(24)15-3-5-16(19)6-4-15/h3-6,13-14H,7-12H2,1-2H3,(H,20,23)(H,21,24). The van der Waals surface area contributed by atoms with Gasteiger partial charge in [0.2, 0.25) is 15.9 Å². The molecule has 1 heterocycles. The second-order valence-electron chi connectivity index (χ2n) is 6.75. The number of hydrogen-bond donors (Lipinski definition) is 2. The zero-order chi connectivity index (χ0) is 20.7. The molecule has 2 unspecified atom stereocenters. The van der Waals surface area contributed by atoms with E-state index < -0.39 is 10.0 Å². The number of benzene rings is 1. The zero-order valence-corrected chi connectivity index (χ0v) is 18.4. The molecule has 1 aliphatic rings. The van der Waals surface area contributed by atoms with Crippen molar-refractivity contribution in [2.24, 2.45) is 0 Å². The van der Waals surface area contributed by atoms with E-state index in [1.165, 1.54) is 4.31 Å². The third-order valence-electron chi connectivity index (χ3n) is 4.21. The molecule has 2 rings (SSSR count). The van der Waals surface area contributed by atoms with E-state index in [4.69, 9.17) is 4.74 Å². The number of nitrogens with one attached hydrogen (secondary N) is 2. The average molecular weight is 476 g/mol. The smallest absolute Gasteiger partial charge is 0.251 e. The van der Waals surface area contributed by atoms with E-state index in [-0.39, 0.29) is 49.3 Å². The maximum absolute atomic E-state index is 12.4. The van der Waals surface area contributed by atoms with Crippen molar-refractivity contribution in [3.63, 3.8) is 0 Å². The van der Waals surface area contributed by atoms with Crippen LogP contribution in [-0.4, -0.2) is 68.7 Å². The number of rotatable bonds is 8. The third-order valence-corrected chi connectivity index (χ3v) is 6.54. The Morgan fingerprint density at radius 2 is 1.71 bits per heavy atom. The van der Waals surface area contributed by atoms with E-state index in [0.29, 0.717) is 18.7 Å². The van der Waals surface area contributed by atoms with Gasteiger partial charge in [-0.1, -0.05) is 15.9 Å². The molecular weight excluding hydrogens is 450 g/mol. The fraction of sp³-hybridized carbons (Fsp3) is 0.556. The van der Waals surface area contributed by atoms with Crippen molar-refractivity contribution in [3.05, 3.63) is 34.3 Å². The minimum Gasteiger partial charge on any atom is -0.373 e. The summed E-state index contributed by atoms with van der Waals surface area (Å²) in [6.07, 6.45) is -0.224. The highest BCUT2D eigenvalue weighted by atomic mass is 79.9. The first-order valence-corrected chi connectivity index (χ1v) is 11.5. The Bertz CT molecular complexity index is 775. The van der Waals surface area contributed by atoms with Crippen molar-refractivity contribution in [3.8, 4) is 0 Å². The third kappa shape index (κ3) is 7.16. The summed E-state index contributed by atoms with van der Waals surface area (Å²) in [4.78, 5) is 23.8. The van der Waals surface area contributed by atoms with E-state index in [0.717, 1.165) is 4.47 Å². The molecule has 156 valence electrons. The largest absolute Gasteiger partial charge is 0.373 e. The number of carbonyl (C=O) groups excluding carboxylic acids is 2. The van der Waals surface area contributed by atoms with Crippen molar-refractivity contribution in [1.82, 2.24) is 14.9 Å². The number of sulfonamides is 1. The van der Waals surface area contributed by atoms with Gasteiger partial charge in [-0.2, -0.15) is 4.31 Å². The first-order valence-electron chi connectivity index (χ1n) is 9.11. The van der Waals surface area contributed by atoms with Crippen LogP contribution >= 0.6 is 15.9 Å². The van der Waals surface area contributed by atoms with Crippen LogP contribution in [0.5, 0.6) is 0 Å². The first kappa shape index (κ1) is 22.8. The van der Waals surface area contributed by atoms with Crippen LogP contribution < -0.4 is 10.6 Å². The van der Waals surface area contributed by atoms with Crippen molar-refractivity contribution >= 4 is 37.8 Å². The summed E-state index contributed by atoms with van der Waals surface area (Å²) in [5.74, 6) is -0.739. The van der Waals surface area contributed by atoms with Crippen LogP contribution in [-0.2, 0) is 19.6 Å². The molecule has 2 atom stereocenters. The van der Waals surface area contributed by atoms with E-state index in [1.54, 1.807) is 24.3 Å². The molecule has 1 aliphatic heterocycles. The summed E-state index contributed by atoms with van der Waals surface area (Å²) in [5, 5.41) is 5.25. The SMILES string of the molecule is CC1CN(S(=O)(=O)CCNC(=O)CCNC(=O)c2ccc(Br)cc2)CC(C)O1. The summed E-state index contributed by atoms with van der Waals surface area (Å²) >= 11 is 3.30. The van der Waals surface area contributed by atoms with Gasteiger partial charge in [0.15, 0.2) is 0 Å². The van der Waals surface area contributed by atoms with Gasteiger partial charge in [-0.3, -0.25) is 9.59 Å². The molecule has 0 radical (unpaired) electrons. The Labute approximate surface area is 174 Å². The molecule has 0 aliphatic carbocycles. The minimum absolute atomic E-state index is 0.0297. The molecule has 2 amide bonds. The molecule has 1 aromatic rings. The minimum atomic E-state index is -3.45. The molecule has 0 spiro atoms. The predicted octanol–water partition coefficient (Wildman–Crippen LogP) is 1.12. The maximum atomic E-state index is 12.4. The second kappa shape index (κ2) is 10.3. The highest BCUT2D eigenvalue weighted by molar-refractivity contribution is 9.10. The van der Waals surface area contributed by atoms with Gasteiger partial charge in [-0.25, -0.2) is 8.42 Å². The van der Waals surface area contributed by atoms with E-state index in [1.807, 2.05) is 13.8 Å². The Kier molecular flexibility index (Phi) is 8.41. The molecule has 1 fully saturated rings. The number of nitrogens with zero attached hydrogens (tertiary/aromatic N) is 1. The number of ether oxygens (including phenoxy) is 1. The molecule has 28 heavy (non-hydrogen) atoms. The van der Waals surface area contributed by atoms with Gasteiger partial charge in [-0.15, -0.1) is 0 Å². The van der Waals surface area contributed by atoms with Crippen molar-refractivity contribution in [2.75, 3.05) is 31.9 Å². The van der Waals surface area contributed by atoms with Crippen LogP contribution in [0.1, 0.15) is 30.6 Å². The van der Waals surface area contributed by atoms with Gasteiger partial charge >= 0.3 is 0 Å². The molecule has 1 saturated heterocycles. The summed E-state index contributed by atoms with van der Waals surface area (Å²) < 4.78 is 32.6. The molecule has 0 bridgehead atoms. The van der Waals surface area contributed by atoms with Crippen LogP contribution in [0.2, 0.25) is 0 Å². The molecular formula is C18H26BrN3O5S. The summed E-state index contributed by atoms with van der Waals surface area (Å²) in [6, 6.07) is 6.88. The van der Waals surface area contributed by atoms with Crippen molar-refractivity contribution < 1.29 is 22.7 Å². The second-order valence-corrected chi connectivity index (χ2v) is 9.76. The van der Waals surface area contributed by atoms with Gasteiger partial charge in [0.25, 0.3) is 5.91 Å². The van der Waals surface area contributed by atoms with Gasteiger partial charge in [0, 0.05) is 42.6 Å². The van der Waals surface area contributed by atoms with Gasteiger partial charge in [0.1, 0.15) is 0 Å². The maximum Gasteiger partial charge on any atom is 0.251 e. The molecule has 8 nitrogen and oxygen atoms in total. The Morgan fingerprint density at radius 1 is 1.11 bits per heavy atom. The van der Waals surface area contributed by atoms with Crippen LogP contribution in [0.4, 0.5) is 0 Å². The Hall–Kier alpha value is -1.49. The Morgan fingerprint density at radius 3 is 2.32 bits per heavy atom. The monoisotopic (exact) mass is 475 g/mol. The average Bonchev–Trinajstić information content (AvgIpc) is 2.61. The summed E-state index contributed by atoms with van der Waals surface area (Å²) in [7, 11) is -3.45. The van der Waals surface area contributed by atoms with Crippen LogP contribution in [0.3, 0.4) is 0 Å². The number of carbonyl (C=O) groups is 2. The quantitative estimate of drug-likeness (QED) is 0.586. The predicted molar refractivity (Wildman–Crippen MR) is 109 cm³/mol. The molecule has 2 N–H and O–H groups in total. The first-order chi connectivity index (χ1) is 13.2. The van der Waals surface area contributed by atoms with E-state index in [2.05, 4.69) is 26.6 Å². The summed E-state index contributed by atoms with van der Waals surface area (Å²) in [5.41, 5.74) is 0.503. The number of amides is 2. The van der Waals surface area contributed by atoms with E-state index >= 15 is 0 Å². The van der Waals surface area contributed by atoms with Crippen molar-refractivity contribution in [2.45, 2.75) is 32.5 Å². The zero-order valence-electron chi connectivity index (χ0n) is 16.0. The normalized spacial score (nSPS) is 20.5. The van der Waals surface area contributed by atoms with Gasteiger partial charge in [-0.05, 0) is 38.1 Å². The lowest BCUT2D eigenvalue weighted by molar-refractivity contribution is -0.120. The van der Waals surface area contributed by atoms with Gasteiger partial charge < -0.3 is 15.4 Å². The lowest BCUT2D eigenvalue weighted by Crippen LogP contribution is -2.49. The Balaban J connectivity index is 1.68. The van der Waals surface area contributed by atoms with Crippen LogP contribution in [0, 0.1) is 0 Å². The molecule has 10 heteroatoms. The van der Waals surface area contributed by atoms with E-state index in [9.17, 15) is 18.0 Å². The number of hydrogen-bond acceptors (Lipinski definition) is 5. The highest BCUT2D eigenvalue weighted by Crippen LogP contribution is 2.14. The molecule has 0 saturated carbocycles.